The Morgan fingerprint density at radius 2 is 2.00 bits per heavy atom. The molecule has 4 heteroatoms. The van der Waals surface area contributed by atoms with Gasteiger partial charge in [0.2, 0.25) is 0 Å². The summed E-state index contributed by atoms with van der Waals surface area (Å²) < 4.78 is 13.8. The first-order valence-electron chi connectivity index (χ1n) is 7.87. The molecule has 1 fully saturated rings. The summed E-state index contributed by atoms with van der Waals surface area (Å²) in [6.45, 7) is 8.98. The zero-order chi connectivity index (χ0) is 15.6. The lowest BCUT2D eigenvalue weighted by molar-refractivity contribution is 0.198. The highest BCUT2D eigenvalue weighted by Gasteiger charge is 2.24. The number of benzene rings is 1. The van der Waals surface area contributed by atoms with Crippen LogP contribution in [0.2, 0.25) is 0 Å². The van der Waals surface area contributed by atoms with Crippen molar-refractivity contribution in [3.63, 3.8) is 0 Å². The number of aliphatic hydroxyl groups is 1. The van der Waals surface area contributed by atoms with E-state index in [-0.39, 0.29) is 5.82 Å². The molecule has 1 aromatic rings. The Morgan fingerprint density at radius 1 is 1.38 bits per heavy atom. The van der Waals surface area contributed by atoms with Crippen LogP contribution in [0.4, 0.5) is 10.1 Å². The van der Waals surface area contributed by atoms with Crippen molar-refractivity contribution >= 4 is 5.69 Å². The molecule has 0 radical (unpaired) electrons. The van der Waals surface area contributed by atoms with Crippen molar-refractivity contribution in [1.82, 2.24) is 4.90 Å². The van der Waals surface area contributed by atoms with E-state index in [1.54, 1.807) is 13.8 Å². The molecule has 1 aliphatic heterocycles. The van der Waals surface area contributed by atoms with Crippen molar-refractivity contribution in [2.45, 2.75) is 45.8 Å². The second kappa shape index (κ2) is 6.75. The highest BCUT2D eigenvalue weighted by molar-refractivity contribution is 5.57. The van der Waals surface area contributed by atoms with Gasteiger partial charge in [0.1, 0.15) is 5.82 Å². The second-order valence-corrected chi connectivity index (χ2v) is 6.11. The van der Waals surface area contributed by atoms with Crippen LogP contribution in [0, 0.1) is 12.7 Å². The van der Waals surface area contributed by atoms with Gasteiger partial charge in [0.15, 0.2) is 0 Å². The fourth-order valence-corrected chi connectivity index (χ4v) is 3.14. The molecular weight excluding hydrogens is 267 g/mol. The molecule has 1 aliphatic rings. The maximum absolute atomic E-state index is 13.8. The van der Waals surface area contributed by atoms with Crippen LogP contribution >= 0.6 is 0 Å². The number of aliphatic hydroxyl groups excluding tert-OH is 1. The number of halogens is 1. The summed E-state index contributed by atoms with van der Waals surface area (Å²) >= 11 is 0. The number of likely N-dealkylation sites (tertiary alicyclic amines) is 1. The van der Waals surface area contributed by atoms with Gasteiger partial charge in [-0.15, -0.1) is 0 Å². The van der Waals surface area contributed by atoms with Gasteiger partial charge in [0.05, 0.1) is 6.10 Å². The number of hydrogen-bond acceptors (Lipinski definition) is 3. The van der Waals surface area contributed by atoms with E-state index in [4.69, 9.17) is 0 Å². The van der Waals surface area contributed by atoms with Gasteiger partial charge in [0, 0.05) is 37.4 Å². The topological polar surface area (TPSA) is 26.7 Å². The van der Waals surface area contributed by atoms with E-state index in [2.05, 4.69) is 23.8 Å². The number of hydrogen-bond donors (Lipinski definition) is 1. The van der Waals surface area contributed by atoms with Gasteiger partial charge in [-0.3, -0.25) is 0 Å². The molecule has 2 rings (SSSR count). The molecule has 0 aromatic heterocycles. The first-order valence-corrected chi connectivity index (χ1v) is 7.87. The van der Waals surface area contributed by atoms with Crippen LogP contribution in [0.3, 0.4) is 0 Å². The summed E-state index contributed by atoms with van der Waals surface area (Å²) in [5.74, 6) is -0.246. The fourth-order valence-electron chi connectivity index (χ4n) is 3.14. The standard InChI is InChI=1S/C17H27FN2O/c1-5-20-8-6-14(7-9-20)19(4)17-10-12(2)16(18)11-15(17)13(3)21/h10-11,13-14,21H,5-9H2,1-4H3. The Balaban J connectivity index is 2.22. The second-order valence-electron chi connectivity index (χ2n) is 6.11. The summed E-state index contributed by atoms with van der Waals surface area (Å²) in [4.78, 5) is 4.68. The lowest BCUT2D eigenvalue weighted by Gasteiger charge is -2.38. The third-order valence-corrected chi connectivity index (χ3v) is 4.69. The molecule has 0 spiro atoms. The number of nitrogens with zero attached hydrogens (tertiary/aromatic N) is 2. The first-order chi connectivity index (χ1) is 9.93. The average Bonchev–Trinajstić information content (AvgIpc) is 2.48. The van der Waals surface area contributed by atoms with E-state index in [1.165, 1.54) is 6.07 Å². The smallest absolute Gasteiger partial charge is 0.126 e. The van der Waals surface area contributed by atoms with Gasteiger partial charge in [-0.1, -0.05) is 6.92 Å². The average molecular weight is 294 g/mol. The van der Waals surface area contributed by atoms with E-state index in [0.29, 0.717) is 17.2 Å². The van der Waals surface area contributed by atoms with Crippen molar-refractivity contribution in [3.05, 3.63) is 29.1 Å². The molecule has 0 bridgehead atoms. The highest BCUT2D eigenvalue weighted by atomic mass is 19.1. The highest BCUT2D eigenvalue weighted by Crippen LogP contribution is 2.31. The van der Waals surface area contributed by atoms with E-state index < -0.39 is 6.10 Å². The maximum Gasteiger partial charge on any atom is 0.126 e. The van der Waals surface area contributed by atoms with Crippen molar-refractivity contribution in [3.8, 4) is 0 Å². The van der Waals surface area contributed by atoms with Crippen LogP contribution < -0.4 is 4.90 Å². The summed E-state index contributed by atoms with van der Waals surface area (Å²) in [5, 5.41) is 9.95. The molecule has 0 saturated carbocycles. The van der Waals surface area contributed by atoms with Gasteiger partial charge in [-0.2, -0.15) is 0 Å². The molecule has 1 N–H and O–H groups in total. The maximum atomic E-state index is 13.8. The third-order valence-electron chi connectivity index (χ3n) is 4.69. The fraction of sp³-hybridized carbons (Fsp3) is 0.647. The van der Waals surface area contributed by atoms with E-state index >= 15 is 0 Å². The minimum Gasteiger partial charge on any atom is -0.389 e. The van der Waals surface area contributed by atoms with Crippen molar-refractivity contribution in [2.24, 2.45) is 0 Å². The molecule has 118 valence electrons. The van der Waals surface area contributed by atoms with Crippen LogP contribution in [0.1, 0.15) is 43.9 Å². The Hall–Kier alpha value is -1.13. The zero-order valence-corrected chi connectivity index (χ0v) is 13.6. The lowest BCUT2D eigenvalue weighted by atomic mass is 9.99. The van der Waals surface area contributed by atoms with Gasteiger partial charge in [-0.25, -0.2) is 4.39 Å². The molecule has 1 unspecified atom stereocenters. The Bertz CT molecular complexity index is 482. The summed E-state index contributed by atoms with van der Waals surface area (Å²) in [7, 11) is 2.06. The van der Waals surface area contributed by atoms with Gasteiger partial charge in [0.25, 0.3) is 0 Å². The molecule has 1 heterocycles. The van der Waals surface area contributed by atoms with Crippen LogP contribution in [0.15, 0.2) is 12.1 Å². The van der Waals surface area contributed by atoms with E-state index in [1.807, 2.05) is 6.07 Å². The molecule has 0 amide bonds. The van der Waals surface area contributed by atoms with Crippen molar-refractivity contribution in [2.75, 3.05) is 31.6 Å². The number of anilines is 1. The van der Waals surface area contributed by atoms with E-state index in [0.717, 1.165) is 38.2 Å². The third kappa shape index (κ3) is 3.55. The van der Waals surface area contributed by atoms with Gasteiger partial charge in [-0.05, 0) is 50.9 Å². The zero-order valence-electron chi connectivity index (χ0n) is 13.6. The van der Waals surface area contributed by atoms with Crippen LogP contribution in [0.5, 0.6) is 0 Å². The Labute approximate surface area is 127 Å². The Morgan fingerprint density at radius 3 is 2.52 bits per heavy atom. The van der Waals surface area contributed by atoms with Crippen LogP contribution in [-0.4, -0.2) is 42.7 Å². The predicted octanol–water partition coefficient (Wildman–Crippen LogP) is 3.11. The monoisotopic (exact) mass is 294 g/mol. The summed E-state index contributed by atoms with van der Waals surface area (Å²) in [6, 6.07) is 3.80. The predicted molar refractivity (Wildman–Crippen MR) is 85.3 cm³/mol. The number of aryl methyl sites for hydroxylation is 1. The quantitative estimate of drug-likeness (QED) is 0.924. The Kier molecular flexibility index (Phi) is 5.22. The van der Waals surface area contributed by atoms with E-state index in [9.17, 15) is 9.50 Å². The number of piperidine rings is 1. The number of rotatable bonds is 4. The van der Waals surface area contributed by atoms with Gasteiger partial charge < -0.3 is 14.9 Å². The molecule has 0 aliphatic carbocycles. The van der Waals surface area contributed by atoms with Crippen molar-refractivity contribution < 1.29 is 9.50 Å². The van der Waals surface area contributed by atoms with Gasteiger partial charge >= 0.3 is 0 Å². The normalized spacial score (nSPS) is 18.8. The first kappa shape index (κ1) is 16.2. The van der Waals surface area contributed by atoms with Crippen LogP contribution in [0.25, 0.3) is 0 Å². The molecular formula is C17H27FN2O. The molecule has 21 heavy (non-hydrogen) atoms. The van der Waals surface area contributed by atoms with Crippen molar-refractivity contribution in [1.29, 1.82) is 0 Å². The minimum atomic E-state index is -0.659. The van der Waals surface area contributed by atoms with Crippen LogP contribution in [-0.2, 0) is 0 Å². The largest absolute Gasteiger partial charge is 0.389 e. The molecule has 1 atom stereocenters. The minimum absolute atomic E-state index is 0.246. The molecule has 3 nitrogen and oxygen atoms in total. The summed E-state index contributed by atoms with van der Waals surface area (Å²) in [6.07, 6.45) is 1.56. The lowest BCUT2D eigenvalue weighted by Crippen LogP contribution is -2.43. The summed E-state index contributed by atoms with van der Waals surface area (Å²) in [5.41, 5.74) is 2.27. The SMILES string of the molecule is CCN1CCC(N(C)c2cc(C)c(F)cc2C(C)O)CC1. The molecule has 1 saturated heterocycles. The molecule has 1 aromatic carbocycles.